The van der Waals surface area contributed by atoms with Crippen LogP contribution in [-0.2, 0) is 0 Å². The molecule has 2 aromatic rings. The Balaban J connectivity index is 1.77. The van der Waals surface area contributed by atoms with Crippen LogP contribution in [0.25, 0.3) is 11.1 Å². The minimum atomic E-state index is -0.0582. The second-order valence-electron chi connectivity index (χ2n) is 8.10. The van der Waals surface area contributed by atoms with Gasteiger partial charge < -0.3 is 0 Å². The van der Waals surface area contributed by atoms with Gasteiger partial charge in [-0.2, -0.15) is 0 Å². The lowest BCUT2D eigenvalue weighted by molar-refractivity contribution is 0.487. The first-order valence-electron chi connectivity index (χ1n) is 10.6. The molecule has 2 heteroatoms. The molecule has 0 bridgehead atoms. The lowest BCUT2D eigenvalue weighted by Gasteiger charge is -2.39. The maximum Gasteiger partial charge on any atom is -0.0101 e. The molecule has 2 saturated carbocycles. The smallest absolute Gasteiger partial charge is 0.0101 e. The summed E-state index contributed by atoms with van der Waals surface area (Å²) in [5.74, 6) is 0. The van der Waals surface area contributed by atoms with Gasteiger partial charge in [-0.15, -0.1) is 9.24 Å². The van der Waals surface area contributed by atoms with Gasteiger partial charge in [-0.05, 0) is 58.7 Å². The van der Waals surface area contributed by atoms with Crippen molar-refractivity contribution in [1.29, 1.82) is 0 Å². The summed E-state index contributed by atoms with van der Waals surface area (Å²) < 4.78 is 0. The van der Waals surface area contributed by atoms with Crippen molar-refractivity contribution in [3.63, 3.8) is 0 Å². The number of hydrogen-bond acceptors (Lipinski definition) is 0. The highest BCUT2D eigenvalue weighted by Crippen LogP contribution is 2.56. The Kier molecular flexibility index (Phi) is 6.45. The molecule has 0 nitrogen and oxygen atoms in total. The van der Waals surface area contributed by atoms with Gasteiger partial charge in [0, 0.05) is 0 Å². The molecule has 0 spiro atoms. The van der Waals surface area contributed by atoms with Crippen LogP contribution in [-0.4, -0.2) is 11.3 Å². The van der Waals surface area contributed by atoms with Crippen LogP contribution in [0.1, 0.15) is 64.2 Å². The largest absolute Gasteiger partial charge is 0.105 e. The third kappa shape index (κ3) is 4.08. The van der Waals surface area contributed by atoms with Crippen molar-refractivity contribution in [1.82, 2.24) is 0 Å². The van der Waals surface area contributed by atoms with Gasteiger partial charge in [-0.1, -0.05) is 95.0 Å². The fourth-order valence-corrected chi connectivity index (χ4v) is 9.40. The van der Waals surface area contributed by atoms with Gasteiger partial charge in [-0.25, -0.2) is 0 Å². The van der Waals surface area contributed by atoms with Crippen LogP contribution in [0.3, 0.4) is 0 Å². The van der Waals surface area contributed by atoms with Gasteiger partial charge in [0.05, 0.1) is 0 Å². The molecule has 138 valence electrons. The quantitative estimate of drug-likeness (QED) is 0.521. The summed E-state index contributed by atoms with van der Waals surface area (Å²) in [4.78, 5) is 0. The second kappa shape index (κ2) is 8.99. The molecule has 2 fully saturated rings. The molecule has 0 heterocycles. The Hall–Kier alpha value is -0.700. The minimum Gasteiger partial charge on any atom is -0.105 e. The summed E-state index contributed by atoms with van der Waals surface area (Å²) >= 11 is 0. The zero-order valence-electron chi connectivity index (χ0n) is 15.9. The third-order valence-corrected chi connectivity index (χ3v) is 10.4. The molecule has 0 saturated heterocycles. The molecule has 26 heavy (non-hydrogen) atoms. The molecule has 0 N–H and O–H groups in total. The van der Waals surface area contributed by atoms with E-state index in [0.29, 0.717) is 0 Å². The van der Waals surface area contributed by atoms with Crippen molar-refractivity contribution in [3.8, 4) is 11.1 Å². The summed E-state index contributed by atoms with van der Waals surface area (Å²) in [6.45, 7) is 0. The van der Waals surface area contributed by atoms with Crippen molar-refractivity contribution in [2.75, 3.05) is 0 Å². The highest BCUT2D eigenvalue weighted by molar-refractivity contribution is 7.67. The fourth-order valence-electron chi connectivity index (χ4n) is 5.08. The van der Waals surface area contributed by atoms with Gasteiger partial charge in [0.2, 0.25) is 0 Å². The first-order chi connectivity index (χ1) is 12.8. The van der Waals surface area contributed by atoms with Crippen molar-refractivity contribution in [2.45, 2.75) is 75.5 Å². The average molecular weight is 382 g/mol. The van der Waals surface area contributed by atoms with E-state index in [1.807, 2.05) is 0 Å². The molecular weight excluding hydrogens is 350 g/mol. The zero-order chi connectivity index (χ0) is 17.8. The summed E-state index contributed by atoms with van der Waals surface area (Å²) in [7, 11) is 2.90. The first-order valence-corrected chi connectivity index (χ1v) is 12.6. The van der Waals surface area contributed by atoms with E-state index in [9.17, 15) is 0 Å². The van der Waals surface area contributed by atoms with Crippen LogP contribution < -0.4 is 10.6 Å². The molecular formula is C24H32P2. The van der Waals surface area contributed by atoms with E-state index in [2.05, 4.69) is 57.8 Å². The number of benzene rings is 2. The van der Waals surface area contributed by atoms with E-state index in [0.717, 1.165) is 11.3 Å². The van der Waals surface area contributed by atoms with Gasteiger partial charge in [0.15, 0.2) is 0 Å². The first kappa shape index (κ1) is 18.7. The lowest BCUT2D eigenvalue weighted by atomic mass is 9.99. The molecule has 2 aliphatic carbocycles. The van der Waals surface area contributed by atoms with Crippen molar-refractivity contribution in [2.24, 2.45) is 0 Å². The molecule has 1 atom stereocenters. The van der Waals surface area contributed by atoms with Crippen LogP contribution in [0.4, 0.5) is 0 Å². The van der Waals surface area contributed by atoms with Crippen LogP contribution in [0.15, 0.2) is 48.5 Å². The Morgan fingerprint density at radius 3 is 1.69 bits per heavy atom. The van der Waals surface area contributed by atoms with Crippen molar-refractivity contribution >= 4 is 27.8 Å². The Morgan fingerprint density at radius 2 is 1.12 bits per heavy atom. The highest BCUT2D eigenvalue weighted by atomic mass is 31.1. The summed E-state index contributed by atoms with van der Waals surface area (Å²) in [6.07, 6.45) is 14.6. The fraction of sp³-hybridized carbons (Fsp3) is 0.500. The Labute approximate surface area is 163 Å². The topological polar surface area (TPSA) is 0 Å². The van der Waals surface area contributed by atoms with E-state index in [1.54, 1.807) is 5.30 Å². The monoisotopic (exact) mass is 382 g/mol. The molecule has 0 aromatic heterocycles. The van der Waals surface area contributed by atoms with E-state index in [4.69, 9.17) is 0 Å². The van der Waals surface area contributed by atoms with Crippen molar-refractivity contribution < 1.29 is 0 Å². The van der Waals surface area contributed by atoms with Crippen LogP contribution >= 0.6 is 17.2 Å². The normalized spacial score (nSPS) is 19.8. The molecule has 1 unspecified atom stereocenters. The molecule has 2 aliphatic rings. The van der Waals surface area contributed by atoms with E-state index >= 15 is 0 Å². The van der Waals surface area contributed by atoms with E-state index < -0.39 is 0 Å². The Morgan fingerprint density at radius 1 is 0.615 bits per heavy atom. The molecule has 0 aliphatic heterocycles. The van der Waals surface area contributed by atoms with E-state index in [-0.39, 0.29) is 7.92 Å². The van der Waals surface area contributed by atoms with Crippen LogP contribution in [0, 0.1) is 0 Å². The van der Waals surface area contributed by atoms with Crippen LogP contribution in [0.5, 0.6) is 0 Å². The standard InChI is InChI=1S/C24H32P2/c25-23-17-9-7-15-21(23)22-16-8-10-18-24(22)26(19-11-3-1-4-12-19)20-13-5-2-6-14-20/h7-10,15-20H,1-6,11-14,25H2. The van der Waals surface area contributed by atoms with Gasteiger partial charge in [0.25, 0.3) is 0 Å². The van der Waals surface area contributed by atoms with Crippen molar-refractivity contribution in [3.05, 3.63) is 48.5 Å². The predicted molar refractivity (Wildman–Crippen MR) is 122 cm³/mol. The number of hydrogen-bond donors (Lipinski definition) is 0. The molecule has 2 aromatic carbocycles. The van der Waals surface area contributed by atoms with Gasteiger partial charge in [-0.3, -0.25) is 0 Å². The highest BCUT2D eigenvalue weighted by Gasteiger charge is 2.33. The third-order valence-electron chi connectivity index (χ3n) is 6.37. The zero-order valence-corrected chi connectivity index (χ0v) is 17.9. The second-order valence-corrected chi connectivity index (χ2v) is 11.5. The summed E-state index contributed by atoms with van der Waals surface area (Å²) in [5.41, 5.74) is 4.85. The maximum atomic E-state index is 2.96. The summed E-state index contributed by atoms with van der Waals surface area (Å²) in [6, 6.07) is 18.3. The molecule has 4 rings (SSSR count). The SMILES string of the molecule is Pc1ccccc1-c1ccccc1P(C1CCCCC1)C1CCCCC1. The maximum absolute atomic E-state index is 2.96. The molecule has 0 amide bonds. The van der Waals surface area contributed by atoms with Crippen LogP contribution in [0.2, 0.25) is 0 Å². The summed E-state index contributed by atoms with van der Waals surface area (Å²) in [5, 5.41) is 3.04. The predicted octanol–water partition coefficient (Wildman–Crippen LogP) is 6.63. The minimum absolute atomic E-state index is 0.0582. The molecule has 0 radical (unpaired) electrons. The van der Waals surface area contributed by atoms with Gasteiger partial charge >= 0.3 is 0 Å². The van der Waals surface area contributed by atoms with E-state index in [1.165, 1.54) is 80.6 Å². The van der Waals surface area contributed by atoms with Gasteiger partial charge in [0.1, 0.15) is 0 Å². The average Bonchev–Trinajstić information content (AvgIpc) is 2.71. The lowest BCUT2D eigenvalue weighted by Crippen LogP contribution is -2.27. The number of rotatable bonds is 4. The Bertz CT molecular complexity index is 694.